The molecular formula is C13H10O4. The highest BCUT2D eigenvalue weighted by atomic mass is 16.5. The van der Waals surface area contributed by atoms with Gasteiger partial charge in [0, 0.05) is 11.1 Å². The van der Waals surface area contributed by atoms with Crippen LogP contribution in [0, 0.1) is 0 Å². The molecule has 0 bridgehead atoms. The van der Waals surface area contributed by atoms with Crippen molar-refractivity contribution >= 4 is 5.97 Å². The van der Waals surface area contributed by atoms with Gasteiger partial charge in [-0.15, -0.1) is 0 Å². The lowest BCUT2D eigenvalue weighted by Gasteiger charge is -2.18. The minimum absolute atomic E-state index is 0.337. The van der Waals surface area contributed by atoms with Gasteiger partial charge in [-0.1, -0.05) is 12.1 Å². The molecule has 1 aliphatic heterocycles. The first-order valence-corrected chi connectivity index (χ1v) is 5.22. The van der Waals surface area contributed by atoms with Crippen LogP contribution in [-0.2, 0) is 11.3 Å². The van der Waals surface area contributed by atoms with Crippen LogP contribution in [0.4, 0.5) is 0 Å². The number of benzene rings is 1. The molecule has 1 aliphatic rings. The van der Waals surface area contributed by atoms with E-state index in [0.29, 0.717) is 17.9 Å². The summed E-state index contributed by atoms with van der Waals surface area (Å²) in [6, 6.07) is 7.26. The van der Waals surface area contributed by atoms with Gasteiger partial charge in [-0.2, -0.15) is 0 Å². The normalized spacial score (nSPS) is 12.3. The zero-order chi connectivity index (χ0) is 11.8. The second-order valence-electron chi connectivity index (χ2n) is 3.72. The van der Waals surface area contributed by atoms with Crippen molar-refractivity contribution in [1.82, 2.24) is 0 Å². The molecule has 1 aromatic heterocycles. The number of carbonyl (C=O) groups excluding carboxylic acids is 1. The molecule has 2 heterocycles. The lowest BCUT2D eigenvalue weighted by Crippen LogP contribution is -2.10. The number of hydrogen-bond donors (Lipinski definition) is 0. The Kier molecular flexibility index (Phi) is 2.14. The minimum atomic E-state index is -0.395. The van der Waals surface area contributed by atoms with Crippen molar-refractivity contribution in [3.05, 3.63) is 41.9 Å². The maximum Gasteiger partial charge on any atom is 0.341 e. The van der Waals surface area contributed by atoms with Crippen LogP contribution in [0.5, 0.6) is 5.75 Å². The number of esters is 1. The van der Waals surface area contributed by atoms with Crippen molar-refractivity contribution in [2.75, 3.05) is 7.11 Å². The van der Waals surface area contributed by atoms with Gasteiger partial charge in [0.05, 0.1) is 13.4 Å². The summed E-state index contributed by atoms with van der Waals surface area (Å²) in [4.78, 5) is 11.6. The molecule has 4 heteroatoms. The summed E-state index contributed by atoms with van der Waals surface area (Å²) >= 11 is 0. The third kappa shape index (κ3) is 1.41. The van der Waals surface area contributed by atoms with Crippen LogP contribution in [-0.4, -0.2) is 13.1 Å². The Hall–Kier alpha value is -2.23. The Morgan fingerprint density at radius 2 is 2.18 bits per heavy atom. The quantitative estimate of drug-likeness (QED) is 0.706. The average Bonchev–Trinajstić information content (AvgIpc) is 2.85. The number of carbonyl (C=O) groups is 1. The summed E-state index contributed by atoms with van der Waals surface area (Å²) in [6.45, 7) is 0.337. The van der Waals surface area contributed by atoms with E-state index in [0.717, 1.165) is 16.9 Å². The third-order valence-electron chi connectivity index (χ3n) is 2.80. The van der Waals surface area contributed by atoms with Crippen molar-refractivity contribution in [3.63, 3.8) is 0 Å². The number of hydrogen-bond acceptors (Lipinski definition) is 4. The maximum absolute atomic E-state index is 11.6. The molecule has 0 aliphatic carbocycles. The second-order valence-corrected chi connectivity index (χ2v) is 3.72. The topological polar surface area (TPSA) is 48.7 Å². The lowest BCUT2D eigenvalue weighted by molar-refractivity contribution is 0.0595. The highest BCUT2D eigenvalue weighted by Gasteiger charge is 2.24. The van der Waals surface area contributed by atoms with E-state index in [4.69, 9.17) is 13.9 Å². The van der Waals surface area contributed by atoms with Crippen molar-refractivity contribution in [2.24, 2.45) is 0 Å². The van der Waals surface area contributed by atoms with Gasteiger partial charge in [-0.3, -0.25) is 0 Å². The summed E-state index contributed by atoms with van der Waals surface area (Å²) < 4.78 is 15.6. The van der Waals surface area contributed by atoms with Gasteiger partial charge in [0.15, 0.2) is 0 Å². The molecule has 0 radical (unpaired) electrons. The predicted octanol–water partition coefficient (Wildman–Crippen LogP) is 2.63. The highest BCUT2D eigenvalue weighted by molar-refractivity contribution is 5.96. The summed E-state index contributed by atoms with van der Waals surface area (Å²) in [6.07, 6.45) is 1.62. The molecule has 0 unspecified atom stereocenters. The van der Waals surface area contributed by atoms with Crippen LogP contribution in [0.3, 0.4) is 0 Å². The zero-order valence-electron chi connectivity index (χ0n) is 9.23. The smallest absolute Gasteiger partial charge is 0.341 e. The predicted molar refractivity (Wildman–Crippen MR) is 59.8 cm³/mol. The van der Waals surface area contributed by atoms with E-state index < -0.39 is 5.97 Å². The van der Waals surface area contributed by atoms with Gasteiger partial charge in [-0.05, 0) is 12.1 Å². The van der Waals surface area contributed by atoms with Crippen molar-refractivity contribution < 1.29 is 18.7 Å². The second kappa shape index (κ2) is 3.66. The Balaban J connectivity index is 2.21. The van der Waals surface area contributed by atoms with Gasteiger partial charge in [-0.25, -0.2) is 4.79 Å². The fourth-order valence-corrected chi connectivity index (χ4v) is 2.01. The Morgan fingerprint density at radius 3 is 3.00 bits per heavy atom. The van der Waals surface area contributed by atoms with Crippen LogP contribution in [0.1, 0.15) is 16.1 Å². The first-order valence-electron chi connectivity index (χ1n) is 5.22. The Bertz CT molecular complexity index is 583. The average molecular weight is 230 g/mol. The molecule has 1 aromatic carbocycles. The van der Waals surface area contributed by atoms with E-state index in [1.54, 1.807) is 18.4 Å². The van der Waals surface area contributed by atoms with Gasteiger partial charge < -0.3 is 13.9 Å². The van der Waals surface area contributed by atoms with Crippen molar-refractivity contribution in [2.45, 2.75) is 6.61 Å². The first-order chi connectivity index (χ1) is 8.31. The standard InChI is InChI=1S/C13H10O4/c1-15-13(14)10-4-2-3-9-8-5-6-16-11(8)7-17-12(9)10/h2-6H,7H2,1H3. The molecule has 2 aromatic rings. The van der Waals surface area contributed by atoms with Crippen molar-refractivity contribution in [3.8, 4) is 16.9 Å². The summed E-state index contributed by atoms with van der Waals surface area (Å²) in [5.74, 6) is 0.946. The van der Waals surface area contributed by atoms with Crippen LogP contribution >= 0.6 is 0 Å². The van der Waals surface area contributed by atoms with Gasteiger partial charge in [0.2, 0.25) is 0 Å². The summed E-state index contributed by atoms with van der Waals surface area (Å²) in [7, 11) is 1.35. The lowest BCUT2D eigenvalue weighted by atomic mass is 10.00. The molecule has 0 N–H and O–H groups in total. The molecule has 0 amide bonds. The number of ether oxygens (including phenoxy) is 2. The fraction of sp³-hybridized carbons (Fsp3) is 0.154. The Morgan fingerprint density at radius 1 is 1.29 bits per heavy atom. The van der Waals surface area contributed by atoms with Crippen LogP contribution in [0.2, 0.25) is 0 Å². The van der Waals surface area contributed by atoms with E-state index in [9.17, 15) is 4.79 Å². The molecule has 0 atom stereocenters. The van der Waals surface area contributed by atoms with Gasteiger partial charge in [0.25, 0.3) is 0 Å². The largest absolute Gasteiger partial charge is 0.484 e. The van der Waals surface area contributed by atoms with Crippen LogP contribution in [0.15, 0.2) is 34.9 Å². The molecule has 86 valence electrons. The molecule has 17 heavy (non-hydrogen) atoms. The van der Waals surface area contributed by atoms with E-state index in [1.807, 2.05) is 12.1 Å². The van der Waals surface area contributed by atoms with Crippen LogP contribution < -0.4 is 4.74 Å². The maximum atomic E-state index is 11.6. The number of rotatable bonds is 1. The molecule has 4 nitrogen and oxygen atoms in total. The SMILES string of the molecule is COC(=O)c1cccc2c1OCc1occc1-2. The van der Waals surface area contributed by atoms with E-state index in [2.05, 4.69) is 0 Å². The molecule has 0 spiro atoms. The summed E-state index contributed by atoms with van der Waals surface area (Å²) in [5.41, 5.74) is 2.27. The number of para-hydroxylation sites is 1. The highest BCUT2D eigenvalue weighted by Crippen LogP contribution is 2.40. The molecule has 0 fully saturated rings. The van der Waals surface area contributed by atoms with E-state index >= 15 is 0 Å². The zero-order valence-corrected chi connectivity index (χ0v) is 9.23. The van der Waals surface area contributed by atoms with E-state index in [1.165, 1.54) is 7.11 Å². The van der Waals surface area contributed by atoms with E-state index in [-0.39, 0.29) is 0 Å². The summed E-state index contributed by atoms with van der Waals surface area (Å²) in [5, 5.41) is 0. The molecular weight excluding hydrogens is 220 g/mol. The number of methoxy groups -OCH3 is 1. The third-order valence-corrected chi connectivity index (χ3v) is 2.80. The molecule has 3 rings (SSSR count). The molecule has 0 saturated carbocycles. The minimum Gasteiger partial charge on any atom is -0.484 e. The Labute approximate surface area is 97.8 Å². The number of fused-ring (bicyclic) bond motifs is 3. The monoisotopic (exact) mass is 230 g/mol. The van der Waals surface area contributed by atoms with Crippen LogP contribution in [0.25, 0.3) is 11.1 Å². The van der Waals surface area contributed by atoms with Crippen molar-refractivity contribution in [1.29, 1.82) is 0 Å². The molecule has 0 saturated heterocycles. The number of furan rings is 1. The van der Waals surface area contributed by atoms with Gasteiger partial charge >= 0.3 is 5.97 Å². The fourth-order valence-electron chi connectivity index (χ4n) is 2.01. The first kappa shape index (κ1) is 9.96. The van der Waals surface area contributed by atoms with Gasteiger partial charge in [0.1, 0.15) is 23.7 Å².